The van der Waals surface area contributed by atoms with Crippen molar-refractivity contribution in [1.29, 1.82) is 0 Å². The maximum Gasteiger partial charge on any atom is 0.0642 e. The third kappa shape index (κ3) is 7.58. The Hall–Kier alpha value is -1.28. The first-order valence-corrected chi connectivity index (χ1v) is 6.32. The summed E-state index contributed by atoms with van der Waals surface area (Å²) in [6.45, 7) is 13.4. The number of ether oxygens (including phenoxy) is 1. The summed E-state index contributed by atoms with van der Waals surface area (Å²) in [5.74, 6) is 0. The highest BCUT2D eigenvalue weighted by atomic mass is 16.5. The quantitative estimate of drug-likeness (QED) is 0.691. The normalized spacial score (nSPS) is 17.1. The van der Waals surface area contributed by atoms with Gasteiger partial charge in [0.2, 0.25) is 0 Å². The van der Waals surface area contributed by atoms with Gasteiger partial charge in [-0.3, -0.25) is 0 Å². The molecule has 0 saturated carbocycles. The average molecular weight is 235 g/mol. The van der Waals surface area contributed by atoms with Gasteiger partial charge in [0, 0.05) is 13.1 Å². The Bertz CT molecular complexity index is 271. The van der Waals surface area contributed by atoms with E-state index in [2.05, 4.69) is 23.8 Å². The van der Waals surface area contributed by atoms with Crippen molar-refractivity contribution in [3.05, 3.63) is 48.7 Å². The van der Waals surface area contributed by atoms with Crippen LogP contribution in [0.25, 0.3) is 0 Å². The Balaban J connectivity index is 0.00000121. The molecule has 0 spiro atoms. The first-order chi connectivity index (χ1) is 8.36. The van der Waals surface area contributed by atoms with Crippen molar-refractivity contribution < 1.29 is 4.74 Å². The van der Waals surface area contributed by atoms with E-state index in [0.717, 1.165) is 31.9 Å². The molecule has 17 heavy (non-hydrogen) atoms. The molecular weight excluding hydrogens is 210 g/mol. The number of morpholine rings is 1. The van der Waals surface area contributed by atoms with Gasteiger partial charge in [-0.25, -0.2) is 0 Å². The monoisotopic (exact) mass is 235 g/mol. The van der Waals surface area contributed by atoms with Crippen LogP contribution in [0, 0.1) is 0 Å². The molecule has 0 bridgehead atoms. The van der Waals surface area contributed by atoms with Crippen LogP contribution in [0.3, 0.4) is 0 Å². The number of rotatable bonds is 4. The summed E-state index contributed by atoms with van der Waals surface area (Å²) in [6.07, 6.45) is 12.1. The Morgan fingerprint density at radius 1 is 1.24 bits per heavy atom. The zero-order valence-electron chi connectivity index (χ0n) is 11.4. The zero-order chi connectivity index (χ0) is 12.9. The summed E-state index contributed by atoms with van der Waals surface area (Å²) in [5.41, 5.74) is 1.12. The molecule has 1 heterocycles. The van der Waals surface area contributed by atoms with Crippen molar-refractivity contribution in [1.82, 2.24) is 4.90 Å². The van der Waals surface area contributed by atoms with Crippen LogP contribution in [-0.4, -0.2) is 31.2 Å². The fourth-order valence-corrected chi connectivity index (χ4v) is 1.32. The predicted molar refractivity (Wildman–Crippen MR) is 76.0 cm³/mol. The molecule has 0 aliphatic carbocycles. The Kier molecular flexibility index (Phi) is 10.4. The molecule has 1 aliphatic heterocycles. The summed E-state index contributed by atoms with van der Waals surface area (Å²) in [5, 5.41) is 0. The van der Waals surface area contributed by atoms with Gasteiger partial charge in [0.05, 0.1) is 13.2 Å². The largest absolute Gasteiger partial charge is 0.378 e. The highest BCUT2D eigenvalue weighted by Crippen LogP contribution is 2.03. The molecule has 1 saturated heterocycles. The second-order valence-corrected chi connectivity index (χ2v) is 3.36. The minimum atomic E-state index is 0.826. The number of nitrogens with zero attached hydrogens (tertiary/aromatic N) is 1. The first-order valence-electron chi connectivity index (χ1n) is 6.32. The van der Waals surface area contributed by atoms with E-state index < -0.39 is 0 Å². The molecular formula is C15H25NO. The van der Waals surface area contributed by atoms with Crippen molar-refractivity contribution in [2.75, 3.05) is 26.3 Å². The van der Waals surface area contributed by atoms with Crippen molar-refractivity contribution in [2.24, 2.45) is 0 Å². The maximum atomic E-state index is 5.28. The molecule has 0 atom stereocenters. The molecule has 96 valence electrons. The Morgan fingerprint density at radius 3 is 2.41 bits per heavy atom. The molecule has 0 unspecified atom stereocenters. The van der Waals surface area contributed by atoms with Crippen molar-refractivity contribution >= 4 is 0 Å². The molecule has 2 heteroatoms. The summed E-state index contributed by atoms with van der Waals surface area (Å²) >= 11 is 0. The molecule has 0 amide bonds. The maximum absolute atomic E-state index is 5.28. The molecule has 0 aromatic carbocycles. The molecule has 0 aromatic rings. The van der Waals surface area contributed by atoms with Gasteiger partial charge in [0.25, 0.3) is 0 Å². The minimum Gasteiger partial charge on any atom is -0.378 e. The first kappa shape index (κ1) is 15.7. The van der Waals surface area contributed by atoms with E-state index in [9.17, 15) is 0 Å². The van der Waals surface area contributed by atoms with Crippen LogP contribution in [0.1, 0.15) is 20.8 Å². The predicted octanol–water partition coefficient (Wildman–Crippen LogP) is 3.55. The van der Waals surface area contributed by atoms with Crippen LogP contribution >= 0.6 is 0 Å². The lowest BCUT2D eigenvalue weighted by Crippen LogP contribution is -2.31. The van der Waals surface area contributed by atoms with E-state index >= 15 is 0 Å². The average Bonchev–Trinajstić information content (AvgIpc) is 2.42. The lowest BCUT2D eigenvalue weighted by molar-refractivity contribution is 0.0594. The smallest absolute Gasteiger partial charge is 0.0642 e. The molecule has 1 aliphatic rings. The zero-order valence-corrected chi connectivity index (χ0v) is 11.4. The van der Waals surface area contributed by atoms with E-state index in [1.807, 2.05) is 45.1 Å². The highest BCUT2D eigenvalue weighted by molar-refractivity contribution is 5.32. The molecule has 0 radical (unpaired) electrons. The second-order valence-electron chi connectivity index (χ2n) is 3.36. The van der Waals surface area contributed by atoms with Gasteiger partial charge < -0.3 is 9.64 Å². The fraction of sp³-hybridized carbons (Fsp3) is 0.467. The number of hydrogen-bond acceptors (Lipinski definition) is 2. The SMILES string of the molecule is C=CC(/C=C/N1CCOCC1)=C\C=C/C.CC. The molecule has 1 fully saturated rings. The van der Waals surface area contributed by atoms with Crippen LogP contribution in [0.4, 0.5) is 0 Å². The Labute approximate surface area is 106 Å². The van der Waals surface area contributed by atoms with Gasteiger partial charge >= 0.3 is 0 Å². The second kappa shape index (κ2) is 11.2. The van der Waals surface area contributed by atoms with Crippen LogP contribution in [0.15, 0.2) is 48.7 Å². The lowest BCUT2D eigenvalue weighted by atomic mass is 10.2. The van der Waals surface area contributed by atoms with Crippen LogP contribution in [0.5, 0.6) is 0 Å². The molecule has 1 rings (SSSR count). The van der Waals surface area contributed by atoms with Gasteiger partial charge in [0.15, 0.2) is 0 Å². The minimum absolute atomic E-state index is 0.826. The van der Waals surface area contributed by atoms with Crippen molar-refractivity contribution in [3.63, 3.8) is 0 Å². The fourth-order valence-electron chi connectivity index (χ4n) is 1.32. The third-order valence-corrected chi connectivity index (χ3v) is 2.24. The van der Waals surface area contributed by atoms with E-state index in [1.165, 1.54) is 0 Å². The van der Waals surface area contributed by atoms with E-state index in [4.69, 9.17) is 4.74 Å². The van der Waals surface area contributed by atoms with Gasteiger partial charge in [-0.15, -0.1) is 0 Å². The van der Waals surface area contributed by atoms with Crippen LogP contribution < -0.4 is 0 Å². The summed E-state index contributed by atoms with van der Waals surface area (Å²) in [7, 11) is 0. The van der Waals surface area contributed by atoms with Gasteiger partial charge in [0.1, 0.15) is 0 Å². The number of allylic oxidation sites excluding steroid dienone is 6. The topological polar surface area (TPSA) is 12.5 Å². The molecule has 0 aromatic heterocycles. The number of hydrogen-bond donors (Lipinski definition) is 0. The van der Waals surface area contributed by atoms with Crippen molar-refractivity contribution in [2.45, 2.75) is 20.8 Å². The van der Waals surface area contributed by atoms with Crippen molar-refractivity contribution in [3.8, 4) is 0 Å². The lowest BCUT2D eigenvalue weighted by Gasteiger charge is -2.25. The third-order valence-electron chi connectivity index (χ3n) is 2.24. The summed E-state index contributed by atoms with van der Waals surface area (Å²) in [6, 6.07) is 0. The highest BCUT2D eigenvalue weighted by Gasteiger charge is 2.04. The van der Waals surface area contributed by atoms with E-state index in [1.54, 1.807) is 0 Å². The standard InChI is InChI=1S/C13H19NO.C2H6/c1-3-5-6-13(4-2)7-8-14-9-11-15-12-10-14;1-2/h3-8H,2,9-12H2,1H3;1-2H3/b5-3-,8-7+,13-6+;. The summed E-state index contributed by atoms with van der Waals surface area (Å²) < 4.78 is 5.28. The van der Waals surface area contributed by atoms with Gasteiger partial charge in [-0.05, 0) is 24.8 Å². The van der Waals surface area contributed by atoms with Crippen LogP contribution in [0.2, 0.25) is 0 Å². The van der Waals surface area contributed by atoms with E-state index in [-0.39, 0.29) is 0 Å². The summed E-state index contributed by atoms with van der Waals surface area (Å²) in [4.78, 5) is 2.26. The van der Waals surface area contributed by atoms with Gasteiger partial charge in [-0.2, -0.15) is 0 Å². The molecule has 0 N–H and O–H groups in total. The van der Waals surface area contributed by atoms with Crippen LogP contribution in [-0.2, 0) is 4.74 Å². The molecule has 2 nitrogen and oxygen atoms in total. The Morgan fingerprint density at radius 2 is 1.88 bits per heavy atom. The van der Waals surface area contributed by atoms with E-state index in [0.29, 0.717) is 0 Å². The van der Waals surface area contributed by atoms with Gasteiger partial charge in [-0.1, -0.05) is 44.7 Å².